The van der Waals surface area contributed by atoms with Gasteiger partial charge >= 0.3 is 5.97 Å². The van der Waals surface area contributed by atoms with Crippen molar-refractivity contribution in [1.82, 2.24) is 0 Å². The molecule has 0 spiro atoms. The first-order valence-electron chi connectivity index (χ1n) is 4.49. The van der Waals surface area contributed by atoms with E-state index in [1.165, 1.54) is 0 Å². The predicted molar refractivity (Wildman–Crippen MR) is 44.5 cm³/mol. The molecule has 1 aliphatic rings. The van der Waals surface area contributed by atoms with Crippen LogP contribution >= 0.6 is 0 Å². The molecule has 1 N–H and O–H groups in total. The van der Waals surface area contributed by atoms with Crippen molar-refractivity contribution in [1.29, 1.82) is 0 Å². The largest absolute Gasteiger partial charge is 0.466 e. The quantitative estimate of drug-likeness (QED) is 0.631. The van der Waals surface area contributed by atoms with Crippen LogP contribution in [0.1, 0.15) is 26.7 Å². The second-order valence-electron chi connectivity index (χ2n) is 3.46. The van der Waals surface area contributed by atoms with Gasteiger partial charge in [0.15, 0.2) is 0 Å². The molecule has 70 valence electrons. The molecule has 3 unspecified atom stereocenters. The minimum Gasteiger partial charge on any atom is -0.466 e. The zero-order valence-electron chi connectivity index (χ0n) is 7.62. The van der Waals surface area contributed by atoms with Crippen molar-refractivity contribution in [2.24, 2.45) is 11.8 Å². The molecule has 0 aromatic rings. The van der Waals surface area contributed by atoms with Gasteiger partial charge in [-0.3, -0.25) is 4.79 Å². The lowest BCUT2D eigenvalue weighted by molar-refractivity contribution is -0.149. The number of carbonyl (C=O) groups excluding carboxylic acids is 1. The molecular weight excluding hydrogens is 156 g/mol. The summed E-state index contributed by atoms with van der Waals surface area (Å²) in [6.07, 6.45) is 0.984. The minimum absolute atomic E-state index is 0.0834. The molecular formula is C9H16O3. The lowest BCUT2D eigenvalue weighted by Gasteiger charge is -2.12. The maximum absolute atomic E-state index is 11.3. The van der Waals surface area contributed by atoms with E-state index in [0.717, 1.165) is 6.42 Å². The van der Waals surface area contributed by atoms with Gasteiger partial charge in [0.05, 0.1) is 18.6 Å². The second-order valence-corrected chi connectivity index (χ2v) is 3.46. The Balaban J connectivity index is 2.46. The molecule has 0 saturated heterocycles. The molecule has 0 radical (unpaired) electrons. The number of aliphatic hydroxyl groups is 1. The van der Waals surface area contributed by atoms with Gasteiger partial charge in [0, 0.05) is 0 Å². The number of esters is 1. The summed E-state index contributed by atoms with van der Waals surface area (Å²) in [5.41, 5.74) is 0. The van der Waals surface area contributed by atoms with E-state index < -0.39 is 0 Å². The van der Waals surface area contributed by atoms with Crippen LogP contribution in [-0.4, -0.2) is 23.8 Å². The van der Waals surface area contributed by atoms with Gasteiger partial charge < -0.3 is 9.84 Å². The summed E-state index contributed by atoms with van der Waals surface area (Å²) in [4.78, 5) is 11.3. The fourth-order valence-corrected chi connectivity index (χ4v) is 1.79. The topological polar surface area (TPSA) is 46.5 Å². The Morgan fingerprint density at radius 1 is 1.58 bits per heavy atom. The van der Waals surface area contributed by atoms with Crippen LogP contribution in [-0.2, 0) is 9.53 Å². The van der Waals surface area contributed by atoms with Crippen LogP contribution in [0.4, 0.5) is 0 Å². The van der Waals surface area contributed by atoms with Crippen molar-refractivity contribution in [2.75, 3.05) is 6.61 Å². The van der Waals surface area contributed by atoms with E-state index in [1.54, 1.807) is 6.92 Å². The molecule has 0 aromatic heterocycles. The van der Waals surface area contributed by atoms with Crippen molar-refractivity contribution < 1.29 is 14.6 Å². The van der Waals surface area contributed by atoms with Gasteiger partial charge in [-0.15, -0.1) is 0 Å². The molecule has 0 aromatic carbocycles. The van der Waals surface area contributed by atoms with Crippen LogP contribution in [0.3, 0.4) is 0 Å². The van der Waals surface area contributed by atoms with Gasteiger partial charge in [0.1, 0.15) is 0 Å². The third kappa shape index (κ3) is 1.97. The van der Waals surface area contributed by atoms with E-state index in [1.807, 2.05) is 6.92 Å². The van der Waals surface area contributed by atoms with E-state index in [9.17, 15) is 9.90 Å². The molecule has 1 saturated carbocycles. The van der Waals surface area contributed by atoms with E-state index in [-0.39, 0.29) is 23.9 Å². The van der Waals surface area contributed by atoms with Crippen LogP contribution in [0.15, 0.2) is 0 Å². The minimum atomic E-state index is -0.311. The summed E-state index contributed by atoms with van der Waals surface area (Å²) in [5.74, 6) is 0.0283. The van der Waals surface area contributed by atoms with Crippen LogP contribution in [0, 0.1) is 11.8 Å². The van der Waals surface area contributed by atoms with Crippen LogP contribution in [0.25, 0.3) is 0 Å². The SMILES string of the molecule is CCOC(=O)C1CC(O)CC1C. The molecule has 0 amide bonds. The monoisotopic (exact) mass is 172 g/mol. The standard InChI is InChI=1S/C9H16O3/c1-3-12-9(11)8-5-7(10)4-6(8)2/h6-8,10H,3-5H2,1-2H3. The average molecular weight is 172 g/mol. The van der Waals surface area contributed by atoms with Crippen molar-refractivity contribution in [3.05, 3.63) is 0 Å². The molecule has 1 rings (SSSR count). The highest BCUT2D eigenvalue weighted by Gasteiger charge is 2.35. The zero-order chi connectivity index (χ0) is 9.14. The molecule has 3 atom stereocenters. The maximum atomic E-state index is 11.3. The van der Waals surface area contributed by atoms with Gasteiger partial charge in [0.25, 0.3) is 0 Å². The molecule has 12 heavy (non-hydrogen) atoms. The molecule has 0 bridgehead atoms. The van der Waals surface area contributed by atoms with Gasteiger partial charge in [0.2, 0.25) is 0 Å². The van der Waals surface area contributed by atoms with E-state index in [2.05, 4.69) is 0 Å². The first kappa shape index (κ1) is 9.52. The lowest BCUT2D eigenvalue weighted by Crippen LogP contribution is -2.19. The Bertz CT molecular complexity index is 167. The summed E-state index contributed by atoms with van der Waals surface area (Å²) in [5, 5.41) is 9.28. The first-order chi connectivity index (χ1) is 5.65. The number of rotatable bonds is 2. The van der Waals surface area contributed by atoms with Gasteiger partial charge in [-0.05, 0) is 25.7 Å². The molecule has 3 nitrogen and oxygen atoms in total. The lowest BCUT2D eigenvalue weighted by atomic mass is 9.99. The Hall–Kier alpha value is -0.570. The van der Waals surface area contributed by atoms with Crippen molar-refractivity contribution in [3.63, 3.8) is 0 Å². The van der Waals surface area contributed by atoms with Gasteiger partial charge in [-0.1, -0.05) is 6.92 Å². The maximum Gasteiger partial charge on any atom is 0.309 e. The summed E-state index contributed by atoms with van der Waals surface area (Å²) < 4.78 is 4.89. The Kier molecular flexibility index (Phi) is 3.09. The first-order valence-corrected chi connectivity index (χ1v) is 4.49. The number of hydrogen-bond donors (Lipinski definition) is 1. The number of aliphatic hydroxyl groups excluding tert-OH is 1. The van der Waals surface area contributed by atoms with Gasteiger partial charge in [-0.25, -0.2) is 0 Å². The van der Waals surface area contributed by atoms with Crippen molar-refractivity contribution >= 4 is 5.97 Å². The third-order valence-electron chi connectivity index (χ3n) is 2.45. The van der Waals surface area contributed by atoms with E-state index in [4.69, 9.17) is 4.74 Å². The summed E-state index contributed by atoms with van der Waals surface area (Å²) >= 11 is 0. The third-order valence-corrected chi connectivity index (χ3v) is 2.45. The number of carbonyl (C=O) groups is 1. The normalized spacial score (nSPS) is 35.1. The summed E-state index contributed by atoms with van der Waals surface area (Å²) in [6, 6.07) is 0. The molecule has 1 fully saturated rings. The van der Waals surface area contributed by atoms with E-state index in [0.29, 0.717) is 13.0 Å². The number of ether oxygens (including phenoxy) is 1. The second kappa shape index (κ2) is 3.90. The molecule has 0 aliphatic heterocycles. The molecule has 1 aliphatic carbocycles. The van der Waals surface area contributed by atoms with Crippen LogP contribution in [0.2, 0.25) is 0 Å². The highest BCUT2D eigenvalue weighted by atomic mass is 16.5. The fraction of sp³-hybridized carbons (Fsp3) is 0.889. The fourth-order valence-electron chi connectivity index (χ4n) is 1.79. The van der Waals surface area contributed by atoms with Gasteiger partial charge in [-0.2, -0.15) is 0 Å². The molecule has 3 heteroatoms. The zero-order valence-corrected chi connectivity index (χ0v) is 7.62. The summed E-state index contributed by atoms with van der Waals surface area (Å²) in [7, 11) is 0. The van der Waals surface area contributed by atoms with Crippen LogP contribution < -0.4 is 0 Å². The van der Waals surface area contributed by atoms with Crippen molar-refractivity contribution in [2.45, 2.75) is 32.8 Å². The smallest absolute Gasteiger partial charge is 0.309 e. The van der Waals surface area contributed by atoms with E-state index >= 15 is 0 Å². The molecule has 0 heterocycles. The Morgan fingerprint density at radius 3 is 2.67 bits per heavy atom. The predicted octanol–water partition coefficient (Wildman–Crippen LogP) is 0.957. The average Bonchev–Trinajstić information content (AvgIpc) is 2.30. The highest BCUT2D eigenvalue weighted by Crippen LogP contribution is 2.32. The van der Waals surface area contributed by atoms with Crippen molar-refractivity contribution in [3.8, 4) is 0 Å². The summed E-state index contributed by atoms with van der Waals surface area (Å²) in [6.45, 7) is 4.21. The Labute approximate surface area is 72.7 Å². The van der Waals surface area contributed by atoms with Crippen LogP contribution in [0.5, 0.6) is 0 Å². The number of hydrogen-bond acceptors (Lipinski definition) is 3. The highest BCUT2D eigenvalue weighted by molar-refractivity contribution is 5.73. The Morgan fingerprint density at radius 2 is 2.25 bits per heavy atom.